The topological polar surface area (TPSA) is 79.4 Å². The van der Waals surface area contributed by atoms with Gasteiger partial charge in [0.25, 0.3) is 0 Å². The molecule has 0 radical (unpaired) electrons. The second kappa shape index (κ2) is 7.80. The smallest absolute Gasteiger partial charge is 0.249 e. The number of nitrogens with zero attached hydrogens (tertiary/aromatic N) is 2. The van der Waals surface area contributed by atoms with E-state index in [-0.39, 0.29) is 23.7 Å². The summed E-state index contributed by atoms with van der Waals surface area (Å²) >= 11 is 1.33. The summed E-state index contributed by atoms with van der Waals surface area (Å²) < 4.78 is 0. The zero-order valence-electron chi connectivity index (χ0n) is 17.6. The van der Waals surface area contributed by atoms with Gasteiger partial charge >= 0.3 is 0 Å². The maximum Gasteiger partial charge on any atom is 0.249 e. The molecule has 156 valence electrons. The molecular weight excluding hydrogens is 398 g/mol. The van der Waals surface area contributed by atoms with E-state index in [1.54, 1.807) is 6.92 Å². The van der Waals surface area contributed by atoms with Crippen LogP contribution in [0.2, 0.25) is 0 Å². The van der Waals surface area contributed by atoms with Crippen molar-refractivity contribution in [3.05, 3.63) is 46.4 Å². The Bertz CT molecular complexity index is 1050. The van der Waals surface area contributed by atoms with Gasteiger partial charge in [-0.15, -0.1) is 11.3 Å². The molecule has 0 bridgehead atoms. The molecule has 1 N–H and O–H groups in total. The van der Waals surface area contributed by atoms with E-state index in [0.29, 0.717) is 18.0 Å². The van der Waals surface area contributed by atoms with Gasteiger partial charge in [-0.3, -0.25) is 19.3 Å². The zero-order valence-corrected chi connectivity index (χ0v) is 18.4. The highest BCUT2D eigenvalue weighted by Gasteiger charge is 2.50. The van der Waals surface area contributed by atoms with Crippen molar-refractivity contribution in [1.82, 2.24) is 9.88 Å². The largest absolute Gasteiger partial charge is 0.300 e. The number of likely N-dealkylation sites (tertiary alicyclic amines) is 1. The maximum atomic E-state index is 12.8. The van der Waals surface area contributed by atoms with Gasteiger partial charge in [0.1, 0.15) is 6.04 Å². The molecule has 3 atom stereocenters. The molecule has 1 fully saturated rings. The number of anilines is 1. The Balaban J connectivity index is 1.49. The first kappa shape index (κ1) is 20.5. The first-order valence-corrected chi connectivity index (χ1v) is 11.0. The highest BCUT2D eigenvalue weighted by molar-refractivity contribution is 7.14. The van der Waals surface area contributed by atoms with Crippen LogP contribution in [0.4, 0.5) is 5.13 Å². The molecule has 0 unspecified atom stereocenters. The van der Waals surface area contributed by atoms with Crippen molar-refractivity contribution in [2.45, 2.75) is 46.6 Å². The van der Waals surface area contributed by atoms with Crippen LogP contribution in [-0.4, -0.2) is 33.6 Å². The van der Waals surface area contributed by atoms with Crippen LogP contribution in [-0.2, 0) is 14.4 Å². The first-order chi connectivity index (χ1) is 14.3. The number of fused-ring (bicyclic) bond motifs is 1. The fraction of sp³-hybridized carbons (Fsp3) is 0.391. The molecule has 2 heterocycles. The van der Waals surface area contributed by atoms with Crippen molar-refractivity contribution in [2.24, 2.45) is 11.8 Å². The molecule has 2 aliphatic rings. The number of benzene rings is 1. The van der Waals surface area contributed by atoms with E-state index < -0.39 is 11.9 Å². The highest BCUT2D eigenvalue weighted by atomic mass is 32.1. The summed E-state index contributed by atoms with van der Waals surface area (Å²) in [6.07, 6.45) is 5.00. The molecule has 30 heavy (non-hydrogen) atoms. The van der Waals surface area contributed by atoms with Crippen LogP contribution >= 0.6 is 11.3 Å². The predicted octanol–water partition coefficient (Wildman–Crippen LogP) is 4.01. The van der Waals surface area contributed by atoms with Crippen molar-refractivity contribution < 1.29 is 14.4 Å². The van der Waals surface area contributed by atoms with E-state index in [1.165, 1.54) is 22.5 Å². The Morgan fingerprint density at radius 3 is 2.30 bits per heavy atom. The summed E-state index contributed by atoms with van der Waals surface area (Å²) in [6, 6.07) is 3.36. The van der Waals surface area contributed by atoms with Crippen LogP contribution in [0.25, 0.3) is 11.3 Å². The number of rotatable bonds is 4. The summed E-state index contributed by atoms with van der Waals surface area (Å²) in [4.78, 5) is 43.9. The third kappa shape index (κ3) is 3.47. The summed E-state index contributed by atoms with van der Waals surface area (Å²) in [5.74, 6) is -1.57. The van der Waals surface area contributed by atoms with E-state index in [4.69, 9.17) is 0 Å². The fourth-order valence-corrected chi connectivity index (χ4v) is 4.94. The lowest BCUT2D eigenvalue weighted by Crippen LogP contribution is -2.46. The third-order valence-electron chi connectivity index (χ3n) is 6.16. The molecule has 1 saturated heterocycles. The second-order valence-corrected chi connectivity index (χ2v) is 9.01. The molecule has 6 nitrogen and oxygen atoms in total. The van der Waals surface area contributed by atoms with Gasteiger partial charge in [-0.05, 0) is 63.3 Å². The van der Waals surface area contributed by atoms with Crippen molar-refractivity contribution in [2.75, 3.05) is 5.32 Å². The monoisotopic (exact) mass is 423 g/mol. The Hall–Kier alpha value is -2.80. The lowest BCUT2D eigenvalue weighted by atomic mass is 9.85. The second-order valence-electron chi connectivity index (χ2n) is 8.16. The molecule has 1 aliphatic carbocycles. The minimum absolute atomic E-state index is 0.248. The van der Waals surface area contributed by atoms with Gasteiger partial charge < -0.3 is 5.32 Å². The molecule has 3 amide bonds. The minimum atomic E-state index is -0.869. The molecule has 0 saturated carbocycles. The zero-order chi connectivity index (χ0) is 21.6. The summed E-state index contributed by atoms with van der Waals surface area (Å²) in [6.45, 7) is 7.78. The number of carbonyl (C=O) groups excluding carboxylic acids is 3. The summed E-state index contributed by atoms with van der Waals surface area (Å²) in [7, 11) is 0. The quantitative estimate of drug-likeness (QED) is 0.595. The number of amides is 3. The molecule has 1 aliphatic heterocycles. The average molecular weight is 424 g/mol. The van der Waals surface area contributed by atoms with Crippen LogP contribution in [0.15, 0.2) is 29.7 Å². The molecule has 0 spiro atoms. The van der Waals surface area contributed by atoms with Crippen LogP contribution in [0.5, 0.6) is 0 Å². The molecule has 1 aromatic carbocycles. The van der Waals surface area contributed by atoms with Crippen LogP contribution in [0.1, 0.15) is 36.5 Å². The lowest BCUT2D eigenvalue weighted by Gasteiger charge is -2.21. The minimum Gasteiger partial charge on any atom is -0.300 e. The molecular formula is C23H25N3O3S. The van der Waals surface area contributed by atoms with Gasteiger partial charge in [0.15, 0.2) is 5.13 Å². The predicted molar refractivity (Wildman–Crippen MR) is 117 cm³/mol. The standard InChI is InChI=1S/C23H25N3O3S/c1-12-9-14(3)18(10-13(12)2)19-11-30-23(24-19)25-20(27)15(4)26-21(28)16-7-5-6-8-17(16)22(26)29/h5-6,9-11,15-17H,7-8H2,1-4H3,(H,24,25,27)/t15-,16+,17+/m0/s1. The van der Waals surface area contributed by atoms with E-state index >= 15 is 0 Å². The molecule has 7 heteroatoms. The van der Waals surface area contributed by atoms with Gasteiger partial charge in [-0.25, -0.2) is 4.98 Å². The molecule has 4 rings (SSSR count). The number of aromatic nitrogens is 1. The highest BCUT2D eigenvalue weighted by Crippen LogP contribution is 2.36. The number of aryl methyl sites for hydroxylation is 3. The fourth-order valence-electron chi connectivity index (χ4n) is 4.23. The average Bonchev–Trinajstić information content (AvgIpc) is 3.27. The van der Waals surface area contributed by atoms with Gasteiger partial charge in [0, 0.05) is 10.9 Å². The van der Waals surface area contributed by atoms with Gasteiger partial charge in [-0.1, -0.05) is 18.2 Å². The SMILES string of the molecule is Cc1cc(C)c(-c2csc(NC(=O)[C@H](C)N3C(=O)[C@@H]4CC=CC[C@H]4C3=O)n2)cc1C. The molecule has 2 aromatic rings. The van der Waals surface area contributed by atoms with Crippen molar-refractivity contribution in [3.63, 3.8) is 0 Å². The Kier molecular flexibility index (Phi) is 5.32. The number of hydrogen-bond acceptors (Lipinski definition) is 5. The van der Waals surface area contributed by atoms with Crippen molar-refractivity contribution >= 4 is 34.2 Å². The number of thiazole rings is 1. The van der Waals surface area contributed by atoms with E-state index in [9.17, 15) is 14.4 Å². The summed E-state index contributed by atoms with van der Waals surface area (Å²) in [5.41, 5.74) is 5.37. The van der Waals surface area contributed by atoms with Crippen LogP contribution in [0, 0.1) is 32.6 Å². The number of hydrogen-bond donors (Lipinski definition) is 1. The van der Waals surface area contributed by atoms with Crippen LogP contribution in [0.3, 0.4) is 0 Å². The van der Waals surface area contributed by atoms with Crippen LogP contribution < -0.4 is 5.32 Å². The lowest BCUT2D eigenvalue weighted by molar-refractivity contribution is -0.146. The Morgan fingerprint density at radius 2 is 1.67 bits per heavy atom. The van der Waals surface area contributed by atoms with Gasteiger partial charge in [0.2, 0.25) is 17.7 Å². The normalized spacial score (nSPS) is 21.7. The van der Waals surface area contributed by atoms with Gasteiger partial charge in [-0.2, -0.15) is 0 Å². The first-order valence-electron chi connectivity index (χ1n) is 10.1. The maximum absolute atomic E-state index is 12.8. The van der Waals surface area contributed by atoms with E-state index in [0.717, 1.165) is 21.7 Å². The Labute approximate surface area is 180 Å². The molecule has 1 aromatic heterocycles. The number of nitrogens with one attached hydrogen (secondary N) is 1. The van der Waals surface area contributed by atoms with E-state index in [2.05, 4.69) is 36.3 Å². The third-order valence-corrected chi connectivity index (χ3v) is 6.92. The number of imide groups is 1. The number of allylic oxidation sites excluding steroid dienone is 2. The number of carbonyl (C=O) groups is 3. The van der Waals surface area contributed by atoms with Crippen molar-refractivity contribution in [3.8, 4) is 11.3 Å². The van der Waals surface area contributed by atoms with E-state index in [1.807, 2.05) is 24.5 Å². The Morgan fingerprint density at radius 1 is 1.07 bits per heavy atom. The summed E-state index contributed by atoms with van der Waals surface area (Å²) in [5, 5.41) is 5.15. The van der Waals surface area contributed by atoms with Gasteiger partial charge in [0.05, 0.1) is 17.5 Å². The van der Waals surface area contributed by atoms with Crippen molar-refractivity contribution in [1.29, 1.82) is 0 Å².